The van der Waals surface area contributed by atoms with Crippen LogP contribution in [-0.2, 0) is 11.2 Å². The minimum atomic E-state index is 0.184. The average Bonchev–Trinajstić information content (AvgIpc) is 2.46. The third-order valence-electron chi connectivity index (χ3n) is 1.56. The Balaban J connectivity index is 2.66. The van der Waals surface area contributed by atoms with Crippen LogP contribution in [0.25, 0.3) is 5.78 Å². The molecule has 0 N–H and O–H groups in total. The fourth-order valence-electron chi connectivity index (χ4n) is 1.02. The summed E-state index contributed by atoms with van der Waals surface area (Å²) in [6, 6.07) is 0. The summed E-state index contributed by atoms with van der Waals surface area (Å²) in [5.74, 6) is 0.407. The molecule has 2 aromatic rings. The van der Waals surface area contributed by atoms with Crippen LogP contribution in [0.2, 0.25) is 5.15 Å². The Morgan fingerprint density at radius 1 is 1.54 bits per heavy atom. The number of imidazole rings is 1. The summed E-state index contributed by atoms with van der Waals surface area (Å²) >= 11 is 5.87. The van der Waals surface area contributed by atoms with E-state index in [9.17, 15) is 4.79 Å². The zero-order valence-electron chi connectivity index (χ0n) is 6.51. The van der Waals surface area contributed by atoms with Gasteiger partial charge in [-0.2, -0.15) is 9.61 Å². The SMILES string of the molecule is O=CCc1nc2nccnn2c1Cl. The van der Waals surface area contributed by atoms with Crippen molar-refractivity contribution in [3.05, 3.63) is 23.2 Å². The van der Waals surface area contributed by atoms with E-state index in [1.54, 1.807) is 0 Å². The normalized spacial score (nSPS) is 10.5. The van der Waals surface area contributed by atoms with E-state index in [0.29, 0.717) is 16.6 Å². The molecule has 0 fully saturated rings. The number of fused-ring (bicyclic) bond motifs is 1. The first-order chi connectivity index (χ1) is 6.33. The molecule has 0 atom stereocenters. The van der Waals surface area contributed by atoms with E-state index in [1.165, 1.54) is 16.9 Å². The van der Waals surface area contributed by atoms with Crippen molar-refractivity contribution < 1.29 is 4.79 Å². The standard InChI is InChI=1S/C7H5ClN4O/c8-6-5(1-4-13)11-7-9-2-3-10-12(6)7/h2-4H,1H2. The number of aldehydes is 1. The van der Waals surface area contributed by atoms with E-state index in [0.717, 1.165) is 6.29 Å². The zero-order valence-corrected chi connectivity index (χ0v) is 7.27. The summed E-state index contributed by atoms with van der Waals surface area (Å²) in [4.78, 5) is 18.2. The van der Waals surface area contributed by atoms with Gasteiger partial charge in [0.2, 0.25) is 0 Å². The van der Waals surface area contributed by atoms with Crippen LogP contribution in [0, 0.1) is 0 Å². The first kappa shape index (κ1) is 8.12. The smallest absolute Gasteiger partial charge is 0.252 e. The second-order valence-corrected chi connectivity index (χ2v) is 2.73. The highest BCUT2D eigenvalue weighted by molar-refractivity contribution is 6.30. The third-order valence-corrected chi connectivity index (χ3v) is 1.94. The van der Waals surface area contributed by atoms with Crippen LogP contribution in [0.4, 0.5) is 0 Å². The maximum atomic E-state index is 10.3. The molecule has 2 aromatic heterocycles. The summed E-state index contributed by atoms with van der Waals surface area (Å²) in [6.07, 6.45) is 3.95. The number of hydrogen-bond donors (Lipinski definition) is 0. The van der Waals surface area contributed by atoms with E-state index in [1.807, 2.05) is 0 Å². The van der Waals surface area contributed by atoms with Gasteiger partial charge in [0.1, 0.15) is 6.29 Å². The van der Waals surface area contributed by atoms with Crippen LogP contribution in [0.5, 0.6) is 0 Å². The van der Waals surface area contributed by atoms with Gasteiger partial charge in [0.15, 0.2) is 5.15 Å². The van der Waals surface area contributed by atoms with Gasteiger partial charge in [0.05, 0.1) is 18.1 Å². The van der Waals surface area contributed by atoms with Gasteiger partial charge in [-0.05, 0) is 0 Å². The Kier molecular flexibility index (Phi) is 1.94. The maximum absolute atomic E-state index is 10.3. The molecule has 66 valence electrons. The maximum Gasteiger partial charge on any atom is 0.252 e. The Hall–Kier alpha value is -1.49. The lowest BCUT2D eigenvalue weighted by molar-refractivity contribution is -0.107. The van der Waals surface area contributed by atoms with Gasteiger partial charge in [-0.1, -0.05) is 11.6 Å². The quantitative estimate of drug-likeness (QED) is 0.657. The molecule has 0 unspecified atom stereocenters. The van der Waals surface area contributed by atoms with Crippen molar-refractivity contribution >= 4 is 23.7 Å². The number of hydrogen-bond acceptors (Lipinski definition) is 4. The summed E-state index contributed by atoms with van der Waals surface area (Å²) < 4.78 is 1.39. The van der Waals surface area contributed by atoms with Crippen molar-refractivity contribution in [2.45, 2.75) is 6.42 Å². The molecule has 0 bridgehead atoms. The zero-order chi connectivity index (χ0) is 9.26. The fourth-order valence-corrected chi connectivity index (χ4v) is 1.25. The molecule has 2 rings (SSSR count). The van der Waals surface area contributed by atoms with E-state index >= 15 is 0 Å². The lowest BCUT2D eigenvalue weighted by atomic mass is 10.4. The molecule has 0 aromatic carbocycles. The van der Waals surface area contributed by atoms with E-state index < -0.39 is 0 Å². The molecule has 0 aliphatic carbocycles. The molecular weight excluding hydrogens is 192 g/mol. The van der Waals surface area contributed by atoms with Gasteiger partial charge in [0.25, 0.3) is 5.78 Å². The minimum absolute atomic E-state index is 0.184. The Morgan fingerprint density at radius 3 is 3.08 bits per heavy atom. The molecule has 0 radical (unpaired) electrons. The molecule has 5 nitrogen and oxygen atoms in total. The molecule has 0 spiro atoms. The predicted molar refractivity (Wildman–Crippen MR) is 45.6 cm³/mol. The number of nitrogens with zero attached hydrogens (tertiary/aromatic N) is 4. The van der Waals surface area contributed by atoms with Crippen molar-refractivity contribution in [1.29, 1.82) is 0 Å². The molecular formula is C7H5ClN4O. The summed E-state index contributed by atoms with van der Waals surface area (Å²) in [7, 11) is 0. The van der Waals surface area contributed by atoms with Crippen LogP contribution >= 0.6 is 11.6 Å². The monoisotopic (exact) mass is 196 g/mol. The lowest BCUT2D eigenvalue weighted by Gasteiger charge is -1.89. The van der Waals surface area contributed by atoms with Gasteiger partial charge in [-0.25, -0.2) is 9.97 Å². The number of halogens is 1. The van der Waals surface area contributed by atoms with Crippen LogP contribution in [0.15, 0.2) is 12.4 Å². The summed E-state index contributed by atoms with van der Waals surface area (Å²) in [6.45, 7) is 0. The van der Waals surface area contributed by atoms with Gasteiger partial charge in [-0.3, -0.25) is 0 Å². The van der Waals surface area contributed by atoms with E-state index in [4.69, 9.17) is 11.6 Å². The molecule has 6 heteroatoms. The highest BCUT2D eigenvalue weighted by Crippen LogP contribution is 2.14. The largest absolute Gasteiger partial charge is 0.303 e. The Labute approximate surface area is 78.4 Å². The van der Waals surface area contributed by atoms with Gasteiger partial charge in [-0.15, -0.1) is 0 Å². The first-order valence-corrected chi connectivity index (χ1v) is 3.98. The summed E-state index contributed by atoms with van der Waals surface area (Å²) in [5.41, 5.74) is 0.503. The van der Waals surface area contributed by atoms with Crippen molar-refractivity contribution in [3.8, 4) is 0 Å². The molecule has 0 amide bonds. The number of rotatable bonds is 2. The van der Waals surface area contributed by atoms with Gasteiger partial charge in [0, 0.05) is 6.42 Å². The van der Waals surface area contributed by atoms with Gasteiger partial charge < -0.3 is 4.79 Å². The fraction of sp³-hybridized carbons (Fsp3) is 0.143. The van der Waals surface area contributed by atoms with Crippen molar-refractivity contribution in [1.82, 2.24) is 19.6 Å². The van der Waals surface area contributed by atoms with E-state index in [2.05, 4.69) is 15.1 Å². The highest BCUT2D eigenvalue weighted by atomic mass is 35.5. The van der Waals surface area contributed by atoms with Crippen LogP contribution < -0.4 is 0 Å². The highest BCUT2D eigenvalue weighted by Gasteiger charge is 2.10. The minimum Gasteiger partial charge on any atom is -0.303 e. The molecule has 0 aliphatic heterocycles. The predicted octanol–water partition coefficient (Wildman–Crippen LogP) is 0.519. The molecule has 0 saturated heterocycles. The molecule has 0 saturated carbocycles. The number of carbonyl (C=O) groups is 1. The Morgan fingerprint density at radius 2 is 2.38 bits per heavy atom. The molecule has 13 heavy (non-hydrogen) atoms. The van der Waals surface area contributed by atoms with Crippen molar-refractivity contribution in [2.75, 3.05) is 0 Å². The van der Waals surface area contributed by atoms with Crippen molar-refractivity contribution in [2.24, 2.45) is 0 Å². The molecule has 0 aliphatic rings. The second kappa shape index (κ2) is 3.10. The first-order valence-electron chi connectivity index (χ1n) is 3.60. The van der Waals surface area contributed by atoms with Gasteiger partial charge >= 0.3 is 0 Å². The van der Waals surface area contributed by atoms with Crippen LogP contribution in [0.1, 0.15) is 5.69 Å². The van der Waals surface area contributed by atoms with Crippen LogP contribution in [0.3, 0.4) is 0 Å². The second-order valence-electron chi connectivity index (χ2n) is 2.37. The molecule has 2 heterocycles. The number of carbonyl (C=O) groups excluding carboxylic acids is 1. The van der Waals surface area contributed by atoms with E-state index in [-0.39, 0.29) is 6.42 Å². The van der Waals surface area contributed by atoms with Crippen LogP contribution in [-0.4, -0.2) is 25.9 Å². The third kappa shape index (κ3) is 1.27. The summed E-state index contributed by atoms with van der Waals surface area (Å²) in [5, 5.41) is 4.27. The average molecular weight is 197 g/mol. The lowest BCUT2D eigenvalue weighted by Crippen LogP contribution is -1.92. The topological polar surface area (TPSA) is 60.2 Å². The van der Waals surface area contributed by atoms with Crippen molar-refractivity contribution in [3.63, 3.8) is 0 Å². The number of aromatic nitrogens is 4. The Bertz CT molecular complexity index is 453.